The minimum absolute atomic E-state index is 0. The molecule has 0 unspecified atom stereocenters. The van der Waals surface area contributed by atoms with E-state index >= 15 is 0 Å². The summed E-state index contributed by atoms with van der Waals surface area (Å²) in [6, 6.07) is 57.3. The molecule has 0 heterocycles. The quantitative estimate of drug-likeness (QED) is 0.180. The highest BCUT2D eigenvalue weighted by Crippen LogP contribution is 2.30. The van der Waals surface area contributed by atoms with Gasteiger partial charge in [-0.3, -0.25) is 0 Å². The van der Waals surface area contributed by atoms with Crippen LogP contribution in [0.25, 0.3) is 0 Å². The molecule has 0 spiro atoms. The van der Waals surface area contributed by atoms with E-state index in [0.29, 0.717) is 0 Å². The van der Waals surface area contributed by atoms with Gasteiger partial charge in [0.15, 0.2) is 0 Å². The molecule has 5 aromatic rings. The highest BCUT2D eigenvalue weighted by Gasteiger charge is 2.21. The Hall–Kier alpha value is -3.90. The van der Waals surface area contributed by atoms with Gasteiger partial charge in [0.25, 0.3) is 0 Å². The third-order valence-electron chi connectivity index (χ3n) is 4.99. The topological polar surface area (TPSA) is 0 Å². The fraction of sp³-hybridized carbons (Fsp3) is 0.362. The van der Waals surface area contributed by atoms with E-state index in [0.717, 1.165) is 0 Å². The molecule has 5 aromatic carbocycles. The van der Waals surface area contributed by atoms with E-state index in [1.807, 2.05) is 192 Å². The third kappa shape index (κ3) is 38.2. The Morgan fingerprint density at radius 3 is 0.468 bits per heavy atom. The largest absolute Gasteiger partial charge is 0.0776 e. The van der Waals surface area contributed by atoms with Gasteiger partial charge in [0.2, 0.25) is 0 Å². The highest BCUT2D eigenvalue weighted by molar-refractivity contribution is 5.36. The molecular formula is C47H78. The number of rotatable bonds is 2. The van der Waals surface area contributed by atoms with Crippen LogP contribution in [0.1, 0.15) is 123 Å². The van der Waals surface area contributed by atoms with Crippen LogP contribution in [0, 0.1) is 0 Å². The van der Waals surface area contributed by atoms with Crippen molar-refractivity contribution < 1.29 is 0 Å². The Kier molecular flexibility index (Phi) is 68.1. The van der Waals surface area contributed by atoms with E-state index in [-0.39, 0.29) is 20.3 Å². The van der Waals surface area contributed by atoms with Gasteiger partial charge in [-0.15, -0.1) is 0 Å². The van der Waals surface area contributed by atoms with Crippen molar-refractivity contribution in [1.82, 2.24) is 0 Å². The van der Waals surface area contributed by atoms with Crippen molar-refractivity contribution in [2.75, 3.05) is 0 Å². The molecular weight excluding hydrogens is 565 g/mol. The zero-order valence-corrected chi connectivity index (χ0v) is 31.7. The molecule has 0 aliphatic rings. The van der Waals surface area contributed by atoms with Gasteiger partial charge >= 0.3 is 0 Å². The molecule has 0 aromatic heterocycles. The molecule has 5 rings (SSSR count). The summed E-state index contributed by atoms with van der Waals surface area (Å²) in [5.74, 6) is 0. The summed E-state index contributed by atoms with van der Waals surface area (Å²) in [5, 5.41) is 0. The zero-order chi connectivity index (χ0) is 35.5. The molecule has 0 bridgehead atoms. The van der Waals surface area contributed by atoms with Gasteiger partial charge in [-0.1, -0.05) is 282 Å². The smallest absolute Gasteiger partial charge is 0.0146 e. The minimum atomic E-state index is 0. The predicted molar refractivity (Wildman–Crippen MR) is 226 cm³/mol. The van der Waals surface area contributed by atoms with Crippen LogP contribution < -0.4 is 0 Å². The Bertz CT molecular complexity index is 843. The molecule has 0 amide bonds. The van der Waals surface area contributed by atoms with E-state index in [1.54, 1.807) is 0 Å². The van der Waals surface area contributed by atoms with Gasteiger partial charge in [0, 0.05) is 5.41 Å². The van der Waals surface area contributed by atoms with Crippen LogP contribution in [0.5, 0.6) is 0 Å². The molecule has 47 heavy (non-hydrogen) atoms. The lowest BCUT2D eigenvalue weighted by molar-refractivity contribution is 0.641. The predicted octanol–water partition coefficient (Wildman–Crippen LogP) is 16.5. The second kappa shape index (κ2) is 54.6. The van der Waals surface area contributed by atoms with E-state index in [4.69, 9.17) is 0 Å². The molecule has 0 heteroatoms. The SMILES string of the molecule is C.C.CC.CC.CC.CC.CC.CC.CC(C)(c1ccccc1)c1ccccc1.c1ccccc1.c1ccccc1.c1ccccc1. The standard InChI is InChI=1S/C15H16.3C6H6.6C2H6.2CH4/c1-15(2,13-9-5-3-6-10-13)14-11-7-4-8-12-14;3*1-2-4-6-5-3-1;6*1-2;;/h3-12H,1-2H3;3*1-6H;6*1-2H3;2*1H4. The lowest BCUT2D eigenvalue weighted by Crippen LogP contribution is -2.18. The first-order valence-electron chi connectivity index (χ1n) is 17.3. The zero-order valence-electron chi connectivity index (χ0n) is 31.7. The van der Waals surface area contributed by atoms with Crippen LogP contribution in [0.3, 0.4) is 0 Å². The maximum absolute atomic E-state index is 2.26. The van der Waals surface area contributed by atoms with Crippen LogP contribution in [0.15, 0.2) is 170 Å². The summed E-state index contributed by atoms with van der Waals surface area (Å²) in [4.78, 5) is 0. The van der Waals surface area contributed by atoms with Crippen LogP contribution in [-0.2, 0) is 5.41 Å². The van der Waals surface area contributed by atoms with Crippen LogP contribution >= 0.6 is 0 Å². The van der Waals surface area contributed by atoms with Crippen LogP contribution in [0.4, 0.5) is 0 Å². The van der Waals surface area contributed by atoms with Gasteiger partial charge in [-0.05, 0) is 11.1 Å². The summed E-state index contributed by atoms with van der Waals surface area (Å²) in [6.07, 6.45) is 0. The second-order valence-electron chi connectivity index (χ2n) is 7.82. The minimum Gasteiger partial charge on any atom is -0.0776 e. The normalized spacial score (nSPS) is 7.45. The molecule has 0 saturated heterocycles. The van der Waals surface area contributed by atoms with Gasteiger partial charge in [-0.2, -0.15) is 0 Å². The molecule has 0 aliphatic heterocycles. The average Bonchev–Trinajstić information content (AvgIpc) is 3.20. The lowest BCUT2D eigenvalue weighted by atomic mass is 9.78. The van der Waals surface area contributed by atoms with Crippen molar-refractivity contribution in [2.24, 2.45) is 0 Å². The first-order valence-corrected chi connectivity index (χ1v) is 17.3. The van der Waals surface area contributed by atoms with E-state index in [9.17, 15) is 0 Å². The maximum Gasteiger partial charge on any atom is 0.0146 e. The van der Waals surface area contributed by atoms with Crippen LogP contribution in [-0.4, -0.2) is 0 Å². The Morgan fingerprint density at radius 1 is 0.234 bits per heavy atom. The molecule has 266 valence electrons. The number of hydrogen-bond donors (Lipinski definition) is 0. The summed E-state index contributed by atoms with van der Waals surface area (Å²) >= 11 is 0. The van der Waals surface area contributed by atoms with Crippen molar-refractivity contribution in [1.29, 1.82) is 0 Å². The van der Waals surface area contributed by atoms with E-state index in [2.05, 4.69) is 74.5 Å². The average molecular weight is 643 g/mol. The lowest BCUT2D eigenvalue weighted by Gasteiger charge is -2.25. The Morgan fingerprint density at radius 2 is 0.340 bits per heavy atom. The molecule has 0 radical (unpaired) electrons. The number of hydrogen-bond acceptors (Lipinski definition) is 0. The summed E-state index contributed by atoms with van der Waals surface area (Å²) < 4.78 is 0. The fourth-order valence-electron chi connectivity index (χ4n) is 3.03. The second-order valence-corrected chi connectivity index (χ2v) is 7.82. The third-order valence-corrected chi connectivity index (χ3v) is 4.99. The first-order chi connectivity index (χ1) is 22.2. The van der Waals surface area contributed by atoms with Crippen LogP contribution in [0.2, 0.25) is 0 Å². The maximum atomic E-state index is 2.26. The van der Waals surface area contributed by atoms with Crippen molar-refractivity contribution in [3.8, 4) is 0 Å². The number of benzene rings is 5. The van der Waals surface area contributed by atoms with Crippen molar-refractivity contribution in [3.63, 3.8) is 0 Å². The summed E-state index contributed by atoms with van der Waals surface area (Å²) in [6.45, 7) is 28.5. The molecule has 0 N–H and O–H groups in total. The summed E-state index contributed by atoms with van der Waals surface area (Å²) in [5.41, 5.74) is 2.80. The Balaban J connectivity index is -0.0000000858. The molecule has 0 aliphatic carbocycles. The van der Waals surface area contributed by atoms with Crippen molar-refractivity contribution in [3.05, 3.63) is 181 Å². The van der Waals surface area contributed by atoms with Crippen molar-refractivity contribution >= 4 is 0 Å². The van der Waals surface area contributed by atoms with Gasteiger partial charge < -0.3 is 0 Å². The van der Waals surface area contributed by atoms with Gasteiger partial charge in [0.05, 0.1) is 0 Å². The molecule has 0 atom stereocenters. The van der Waals surface area contributed by atoms with Gasteiger partial charge in [-0.25, -0.2) is 0 Å². The van der Waals surface area contributed by atoms with Crippen molar-refractivity contribution in [2.45, 2.75) is 117 Å². The monoisotopic (exact) mass is 643 g/mol. The Labute approximate surface area is 297 Å². The highest BCUT2D eigenvalue weighted by atomic mass is 14.2. The summed E-state index contributed by atoms with van der Waals surface area (Å²) in [7, 11) is 0. The van der Waals surface area contributed by atoms with E-state index < -0.39 is 0 Å². The van der Waals surface area contributed by atoms with Gasteiger partial charge in [0.1, 0.15) is 0 Å². The molecule has 0 saturated carbocycles. The fourth-order valence-corrected chi connectivity index (χ4v) is 3.03. The first kappa shape index (κ1) is 58.6. The molecule has 0 nitrogen and oxygen atoms in total. The van der Waals surface area contributed by atoms with E-state index in [1.165, 1.54) is 11.1 Å². The molecule has 0 fully saturated rings.